The third-order valence-electron chi connectivity index (χ3n) is 3.54. The van der Waals surface area contributed by atoms with Crippen LogP contribution in [0.1, 0.15) is 18.5 Å². The van der Waals surface area contributed by atoms with E-state index in [9.17, 15) is 14.3 Å². The van der Waals surface area contributed by atoms with Gasteiger partial charge < -0.3 is 16.2 Å². The summed E-state index contributed by atoms with van der Waals surface area (Å²) in [6.45, 7) is 3.65. The molecule has 1 aromatic rings. The number of nitrogens with one attached hydrogen (secondary N) is 1. The molecule has 2 rings (SSSR count). The molecule has 5 nitrogen and oxygen atoms in total. The number of carbonyl (C=O) groups is 1. The lowest BCUT2D eigenvalue weighted by molar-refractivity contribution is -0.124. The van der Waals surface area contributed by atoms with Gasteiger partial charge in [-0.1, -0.05) is 6.07 Å². The Balaban J connectivity index is 2.25. The summed E-state index contributed by atoms with van der Waals surface area (Å²) in [5.74, 6) is -1.01. The Bertz CT molecular complexity index is 481. The van der Waals surface area contributed by atoms with Crippen LogP contribution in [0.4, 0.5) is 4.39 Å². The van der Waals surface area contributed by atoms with Crippen LogP contribution in [0, 0.1) is 5.82 Å². The first-order valence-electron chi connectivity index (χ1n) is 6.25. The van der Waals surface area contributed by atoms with Crippen molar-refractivity contribution in [2.45, 2.75) is 19.0 Å². The third-order valence-corrected chi connectivity index (χ3v) is 3.54. The van der Waals surface area contributed by atoms with Gasteiger partial charge in [0, 0.05) is 37.3 Å². The standard InChI is InChI=1S/C13H18FN3O2/c1-8(10-3-2-9(18)6-11(10)14)17-5-4-16-7-12(17)13(15)19/h2-3,6,8,12,16,18H,4-5,7H2,1H3,(H2,15,19). The second kappa shape index (κ2) is 5.54. The van der Waals surface area contributed by atoms with Crippen molar-refractivity contribution in [3.63, 3.8) is 0 Å². The van der Waals surface area contributed by atoms with E-state index >= 15 is 0 Å². The molecule has 1 aliphatic rings. The zero-order valence-electron chi connectivity index (χ0n) is 10.8. The molecule has 0 spiro atoms. The number of rotatable bonds is 3. The van der Waals surface area contributed by atoms with Crippen molar-refractivity contribution in [1.29, 1.82) is 0 Å². The number of primary amides is 1. The molecule has 1 amide bonds. The highest BCUT2D eigenvalue weighted by molar-refractivity contribution is 5.80. The Hall–Kier alpha value is -1.66. The number of phenolic OH excluding ortho intramolecular Hbond substituents is 1. The summed E-state index contributed by atoms with van der Waals surface area (Å²) in [5.41, 5.74) is 5.83. The van der Waals surface area contributed by atoms with Gasteiger partial charge in [0.05, 0.1) is 0 Å². The van der Waals surface area contributed by atoms with Gasteiger partial charge in [-0.2, -0.15) is 0 Å². The molecule has 0 bridgehead atoms. The van der Waals surface area contributed by atoms with E-state index in [0.29, 0.717) is 18.7 Å². The number of amides is 1. The smallest absolute Gasteiger partial charge is 0.236 e. The van der Waals surface area contributed by atoms with Gasteiger partial charge >= 0.3 is 0 Å². The van der Waals surface area contributed by atoms with Crippen molar-refractivity contribution < 1.29 is 14.3 Å². The fourth-order valence-corrected chi connectivity index (χ4v) is 2.48. The Labute approximate surface area is 111 Å². The van der Waals surface area contributed by atoms with Crippen molar-refractivity contribution in [2.75, 3.05) is 19.6 Å². The summed E-state index contributed by atoms with van der Waals surface area (Å²) < 4.78 is 13.9. The number of piperazine rings is 1. The van der Waals surface area contributed by atoms with Crippen molar-refractivity contribution >= 4 is 5.91 Å². The van der Waals surface area contributed by atoms with Crippen LogP contribution in [0.3, 0.4) is 0 Å². The summed E-state index contributed by atoms with van der Waals surface area (Å²) in [5, 5.41) is 12.3. The maximum Gasteiger partial charge on any atom is 0.236 e. The van der Waals surface area contributed by atoms with Crippen LogP contribution >= 0.6 is 0 Å². The predicted octanol–water partition coefficient (Wildman–Crippen LogP) is 0.351. The molecular formula is C13H18FN3O2. The second-order valence-corrected chi connectivity index (χ2v) is 4.74. The molecule has 0 aromatic heterocycles. The lowest BCUT2D eigenvalue weighted by atomic mass is 10.0. The van der Waals surface area contributed by atoms with Crippen LogP contribution in [-0.4, -0.2) is 41.6 Å². The first-order valence-corrected chi connectivity index (χ1v) is 6.25. The first kappa shape index (κ1) is 13.8. The topological polar surface area (TPSA) is 78.6 Å². The molecule has 0 radical (unpaired) electrons. The molecule has 19 heavy (non-hydrogen) atoms. The summed E-state index contributed by atoms with van der Waals surface area (Å²) >= 11 is 0. The van der Waals surface area contributed by atoms with E-state index in [2.05, 4.69) is 5.32 Å². The fraction of sp³-hybridized carbons (Fsp3) is 0.462. The predicted molar refractivity (Wildman–Crippen MR) is 69.0 cm³/mol. The first-order chi connectivity index (χ1) is 9.00. The summed E-state index contributed by atoms with van der Waals surface area (Å²) in [6.07, 6.45) is 0. The van der Waals surface area contributed by atoms with E-state index in [-0.39, 0.29) is 11.8 Å². The maximum absolute atomic E-state index is 13.9. The average molecular weight is 267 g/mol. The molecule has 2 atom stereocenters. The zero-order chi connectivity index (χ0) is 14.0. The number of aromatic hydroxyl groups is 1. The Morgan fingerprint density at radius 1 is 1.63 bits per heavy atom. The van der Waals surface area contributed by atoms with Gasteiger partial charge in [-0.15, -0.1) is 0 Å². The molecule has 1 aromatic carbocycles. The van der Waals surface area contributed by atoms with Gasteiger partial charge in [-0.05, 0) is 13.0 Å². The number of nitrogens with two attached hydrogens (primary N) is 1. The van der Waals surface area contributed by atoms with E-state index < -0.39 is 17.8 Å². The molecule has 104 valence electrons. The highest BCUT2D eigenvalue weighted by Crippen LogP contribution is 2.27. The zero-order valence-corrected chi connectivity index (χ0v) is 10.8. The van der Waals surface area contributed by atoms with Crippen molar-refractivity contribution in [2.24, 2.45) is 5.73 Å². The van der Waals surface area contributed by atoms with Crippen LogP contribution in [0.2, 0.25) is 0 Å². The van der Waals surface area contributed by atoms with Crippen molar-refractivity contribution in [3.8, 4) is 5.75 Å². The molecule has 0 aliphatic carbocycles. The molecule has 1 fully saturated rings. The van der Waals surface area contributed by atoms with Crippen LogP contribution in [0.15, 0.2) is 18.2 Å². The quantitative estimate of drug-likeness (QED) is 0.738. The van der Waals surface area contributed by atoms with Gasteiger partial charge in [-0.3, -0.25) is 9.69 Å². The number of carbonyl (C=O) groups excluding carboxylic acids is 1. The van der Waals surface area contributed by atoms with Crippen LogP contribution in [0.25, 0.3) is 0 Å². The minimum absolute atomic E-state index is 0.111. The minimum atomic E-state index is -0.478. The number of nitrogens with zero attached hydrogens (tertiary/aromatic N) is 1. The molecule has 1 heterocycles. The Morgan fingerprint density at radius 2 is 2.37 bits per heavy atom. The van der Waals surface area contributed by atoms with Gasteiger partial charge in [0.25, 0.3) is 0 Å². The molecule has 1 aliphatic heterocycles. The van der Waals surface area contributed by atoms with Gasteiger partial charge in [-0.25, -0.2) is 4.39 Å². The lowest BCUT2D eigenvalue weighted by Gasteiger charge is -2.38. The van der Waals surface area contributed by atoms with E-state index in [4.69, 9.17) is 5.73 Å². The van der Waals surface area contributed by atoms with Gasteiger partial charge in [0.1, 0.15) is 17.6 Å². The Kier molecular flexibility index (Phi) is 4.01. The average Bonchev–Trinajstić information content (AvgIpc) is 2.38. The third kappa shape index (κ3) is 2.85. The number of benzene rings is 1. The van der Waals surface area contributed by atoms with Gasteiger partial charge in [0.2, 0.25) is 5.91 Å². The maximum atomic E-state index is 13.9. The van der Waals surface area contributed by atoms with E-state index in [1.807, 2.05) is 11.8 Å². The highest BCUT2D eigenvalue weighted by Gasteiger charge is 2.31. The number of hydrogen-bond donors (Lipinski definition) is 3. The second-order valence-electron chi connectivity index (χ2n) is 4.74. The molecule has 0 saturated carbocycles. The fourth-order valence-electron chi connectivity index (χ4n) is 2.48. The van der Waals surface area contributed by atoms with Crippen molar-refractivity contribution in [1.82, 2.24) is 10.2 Å². The van der Waals surface area contributed by atoms with Gasteiger partial charge in [0.15, 0.2) is 0 Å². The largest absolute Gasteiger partial charge is 0.508 e. The minimum Gasteiger partial charge on any atom is -0.508 e. The molecule has 1 saturated heterocycles. The summed E-state index contributed by atoms with van der Waals surface area (Å²) in [4.78, 5) is 13.3. The SMILES string of the molecule is CC(c1ccc(O)cc1F)N1CCNCC1C(N)=O. The highest BCUT2D eigenvalue weighted by atomic mass is 19.1. The normalized spacial score (nSPS) is 22.1. The monoisotopic (exact) mass is 267 g/mol. The molecule has 4 N–H and O–H groups in total. The number of halogens is 1. The summed E-state index contributed by atoms with van der Waals surface area (Å²) in [7, 11) is 0. The van der Waals surface area contributed by atoms with Crippen LogP contribution in [-0.2, 0) is 4.79 Å². The van der Waals surface area contributed by atoms with E-state index in [1.165, 1.54) is 12.1 Å². The lowest BCUT2D eigenvalue weighted by Crippen LogP contribution is -2.57. The van der Waals surface area contributed by atoms with E-state index in [1.54, 1.807) is 0 Å². The summed E-state index contributed by atoms with van der Waals surface area (Å²) in [6, 6.07) is 3.33. The molecule has 6 heteroatoms. The van der Waals surface area contributed by atoms with Crippen LogP contribution < -0.4 is 11.1 Å². The number of phenols is 1. The Morgan fingerprint density at radius 3 is 3.00 bits per heavy atom. The van der Waals surface area contributed by atoms with Crippen LogP contribution in [0.5, 0.6) is 5.75 Å². The number of hydrogen-bond acceptors (Lipinski definition) is 4. The van der Waals surface area contributed by atoms with Crippen molar-refractivity contribution in [3.05, 3.63) is 29.6 Å². The van der Waals surface area contributed by atoms with E-state index in [0.717, 1.165) is 12.6 Å². The molecule has 2 unspecified atom stereocenters. The molecular weight excluding hydrogens is 249 g/mol.